The molecule has 1 aromatic rings. The van der Waals surface area contributed by atoms with Crippen molar-refractivity contribution in [3.05, 3.63) is 18.7 Å². The number of imidazole rings is 1. The summed E-state index contributed by atoms with van der Waals surface area (Å²) >= 11 is 0. The zero-order chi connectivity index (χ0) is 13.0. The first-order chi connectivity index (χ1) is 7.06. The monoisotopic (exact) mass is 240 g/mol. The summed E-state index contributed by atoms with van der Waals surface area (Å²) in [4.78, 5) is 0. The van der Waals surface area contributed by atoms with Gasteiger partial charge < -0.3 is 17.3 Å². The molecule has 0 saturated carbocycles. The van der Waals surface area contributed by atoms with Crippen LogP contribution in [0.3, 0.4) is 0 Å². The highest BCUT2D eigenvalue weighted by Crippen LogP contribution is 2.17. The van der Waals surface area contributed by atoms with Gasteiger partial charge in [0.15, 0.2) is 0 Å². The Kier molecular flexibility index (Phi) is 5.02. The molecule has 0 bridgehead atoms. The molecule has 0 aliphatic rings. The fourth-order valence-electron chi connectivity index (χ4n) is 0.991. The summed E-state index contributed by atoms with van der Waals surface area (Å²) in [5.41, 5.74) is 0.251. The van der Waals surface area contributed by atoms with E-state index in [0.29, 0.717) is 0 Å². The topological polar surface area (TPSA) is 8.81 Å². The van der Waals surface area contributed by atoms with Gasteiger partial charge in [0.2, 0.25) is 6.33 Å². The largest absolute Gasteiger partial charge is 0.673 e. The lowest BCUT2D eigenvalue weighted by Crippen LogP contribution is -2.29. The highest BCUT2D eigenvalue weighted by molar-refractivity contribution is 6.50. The molecule has 0 spiro atoms. The van der Waals surface area contributed by atoms with E-state index in [1.165, 1.54) is 0 Å². The van der Waals surface area contributed by atoms with Gasteiger partial charge in [-0.2, -0.15) is 0 Å². The van der Waals surface area contributed by atoms with Gasteiger partial charge in [-0.25, -0.2) is 9.13 Å². The van der Waals surface area contributed by atoms with Gasteiger partial charge >= 0.3 is 7.25 Å². The molecule has 0 fully saturated rings. The Morgan fingerprint density at radius 3 is 1.94 bits per heavy atom. The van der Waals surface area contributed by atoms with E-state index in [-0.39, 0.29) is 5.54 Å². The van der Waals surface area contributed by atoms with E-state index < -0.39 is 7.25 Å². The van der Waals surface area contributed by atoms with Crippen molar-refractivity contribution in [1.82, 2.24) is 4.57 Å². The van der Waals surface area contributed by atoms with Gasteiger partial charge in [0, 0.05) is 0 Å². The summed E-state index contributed by atoms with van der Waals surface area (Å²) < 4.78 is 43.3. The Labute approximate surface area is 93.0 Å². The standard InChI is InChI=1S/C9H17N2.BF4/c1-5-9(2,3)11-7-6-10(4)8-11;2-1(3,4)5/h6-8H,5H2,1-4H3;/q+1;-1. The lowest BCUT2D eigenvalue weighted by molar-refractivity contribution is -0.671. The molecule has 2 nitrogen and oxygen atoms in total. The van der Waals surface area contributed by atoms with E-state index in [1.54, 1.807) is 0 Å². The average Bonchev–Trinajstić information content (AvgIpc) is 2.49. The molecule has 1 heterocycles. The first kappa shape index (κ1) is 15.0. The predicted octanol–water partition coefficient (Wildman–Crippen LogP) is 2.76. The maximum atomic E-state index is 9.75. The fraction of sp³-hybridized carbons (Fsp3) is 0.667. The lowest BCUT2D eigenvalue weighted by atomic mass is 10.0. The SMILES string of the molecule is CCC(C)(C)n1cc[n+](C)c1.F[B-](F)(F)F. The minimum Gasteiger partial charge on any atom is -0.418 e. The molecule has 0 N–H and O–H groups in total. The number of aromatic nitrogens is 2. The third-order valence-corrected chi connectivity index (χ3v) is 2.33. The zero-order valence-corrected chi connectivity index (χ0v) is 9.92. The van der Waals surface area contributed by atoms with Gasteiger partial charge in [0.1, 0.15) is 17.9 Å². The van der Waals surface area contributed by atoms with Crippen LogP contribution in [-0.2, 0) is 12.6 Å². The number of halogens is 4. The Morgan fingerprint density at radius 2 is 1.69 bits per heavy atom. The molecule has 0 unspecified atom stereocenters. The van der Waals surface area contributed by atoms with Crippen LogP contribution in [0.5, 0.6) is 0 Å². The second-order valence-corrected chi connectivity index (χ2v) is 4.15. The summed E-state index contributed by atoms with van der Waals surface area (Å²) in [6.45, 7) is 6.69. The van der Waals surface area contributed by atoms with Gasteiger partial charge in [-0.05, 0) is 20.3 Å². The van der Waals surface area contributed by atoms with Crippen LogP contribution in [0, 0.1) is 0 Å². The predicted molar refractivity (Wildman–Crippen MR) is 55.4 cm³/mol. The van der Waals surface area contributed by atoms with Crippen LogP contribution in [0.4, 0.5) is 17.3 Å². The van der Waals surface area contributed by atoms with Gasteiger partial charge in [-0.15, -0.1) is 0 Å². The summed E-state index contributed by atoms with van der Waals surface area (Å²) in [5.74, 6) is 0. The van der Waals surface area contributed by atoms with Crippen LogP contribution in [0.25, 0.3) is 0 Å². The van der Waals surface area contributed by atoms with E-state index in [2.05, 4.69) is 48.6 Å². The Hall–Kier alpha value is -1.01. The van der Waals surface area contributed by atoms with Crippen molar-refractivity contribution in [2.24, 2.45) is 7.05 Å². The molecular weight excluding hydrogens is 223 g/mol. The average molecular weight is 240 g/mol. The van der Waals surface area contributed by atoms with Crippen molar-refractivity contribution in [2.45, 2.75) is 32.7 Å². The second-order valence-electron chi connectivity index (χ2n) is 4.15. The van der Waals surface area contributed by atoms with Crippen LogP contribution >= 0.6 is 0 Å². The Balaban J connectivity index is 0.000000385. The van der Waals surface area contributed by atoms with E-state index >= 15 is 0 Å². The molecule has 0 atom stereocenters. The highest BCUT2D eigenvalue weighted by Gasteiger charge is 2.22. The van der Waals surface area contributed by atoms with Crippen LogP contribution in [0.2, 0.25) is 0 Å². The van der Waals surface area contributed by atoms with E-state index in [9.17, 15) is 17.3 Å². The molecule has 94 valence electrons. The van der Waals surface area contributed by atoms with Gasteiger partial charge in [0.05, 0.1) is 7.05 Å². The third-order valence-electron chi connectivity index (χ3n) is 2.33. The molecule has 0 amide bonds. The molecule has 7 heteroatoms. The van der Waals surface area contributed by atoms with E-state index in [4.69, 9.17) is 0 Å². The van der Waals surface area contributed by atoms with Crippen molar-refractivity contribution in [3.8, 4) is 0 Å². The van der Waals surface area contributed by atoms with Crippen LogP contribution in [0.1, 0.15) is 27.2 Å². The van der Waals surface area contributed by atoms with Crippen molar-refractivity contribution in [1.29, 1.82) is 0 Å². The normalized spacial score (nSPS) is 12.0. The lowest BCUT2D eigenvalue weighted by Gasteiger charge is -2.18. The number of aryl methyl sites for hydroxylation is 1. The number of hydrogen-bond acceptors (Lipinski definition) is 0. The molecule has 16 heavy (non-hydrogen) atoms. The maximum Gasteiger partial charge on any atom is 0.673 e. The summed E-state index contributed by atoms with van der Waals surface area (Å²) in [7, 11) is -3.96. The minimum absolute atomic E-state index is 0.251. The van der Waals surface area contributed by atoms with Gasteiger partial charge in [-0.1, -0.05) is 6.92 Å². The van der Waals surface area contributed by atoms with Crippen molar-refractivity contribution in [2.75, 3.05) is 0 Å². The molecule has 0 saturated heterocycles. The van der Waals surface area contributed by atoms with E-state index in [0.717, 1.165) is 6.42 Å². The molecule has 1 aromatic heterocycles. The summed E-state index contributed by atoms with van der Waals surface area (Å²) in [6.07, 6.45) is 7.45. The van der Waals surface area contributed by atoms with Gasteiger partial charge in [-0.3, -0.25) is 0 Å². The van der Waals surface area contributed by atoms with Crippen LogP contribution in [-0.4, -0.2) is 11.8 Å². The van der Waals surface area contributed by atoms with Gasteiger partial charge in [0.25, 0.3) is 0 Å². The molecule has 0 aliphatic carbocycles. The summed E-state index contributed by atoms with van der Waals surface area (Å²) in [6, 6.07) is 0. The first-order valence-corrected chi connectivity index (χ1v) is 4.97. The van der Waals surface area contributed by atoms with Crippen LogP contribution < -0.4 is 4.57 Å². The Bertz CT molecular complexity index is 314. The maximum absolute atomic E-state index is 9.75. The molecule has 0 aliphatic heterocycles. The first-order valence-electron chi connectivity index (χ1n) is 4.97. The molecule has 0 aromatic carbocycles. The molecular formula is C9H17BF4N2. The third kappa shape index (κ3) is 6.47. The quantitative estimate of drug-likeness (QED) is 0.427. The van der Waals surface area contributed by atoms with Crippen LogP contribution in [0.15, 0.2) is 18.7 Å². The number of rotatable bonds is 2. The minimum atomic E-state index is -6.00. The second kappa shape index (κ2) is 5.36. The molecule has 0 radical (unpaired) electrons. The Morgan fingerprint density at radius 1 is 1.25 bits per heavy atom. The number of hydrogen-bond donors (Lipinski definition) is 0. The summed E-state index contributed by atoms with van der Waals surface area (Å²) in [5, 5.41) is 0. The number of nitrogens with zero attached hydrogens (tertiary/aromatic N) is 2. The molecule has 1 rings (SSSR count). The zero-order valence-electron chi connectivity index (χ0n) is 9.92. The fourth-order valence-corrected chi connectivity index (χ4v) is 0.991. The van der Waals surface area contributed by atoms with E-state index in [1.807, 2.05) is 7.05 Å². The van der Waals surface area contributed by atoms with Crippen molar-refractivity contribution < 1.29 is 21.8 Å². The van der Waals surface area contributed by atoms with Crippen molar-refractivity contribution >= 4 is 7.25 Å². The van der Waals surface area contributed by atoms with Crippen molar-refractivity contribution in [3.63, 3.8) is 0 Å². The smallest absolute Gasteiger partial charge is 0.418 e. The highest BCUT2D eigenvalue weighted by atomic mass is 19.5.